The zero-order valence-corrected chi connectivity index (χ0v) is 10.4. The van der Waals surface area contributed by atoms with Crippen molar-refractivity contribution in [2.24, 2.45) is 0 Å². The summed E-state index contributed by atoms with van der Waals surface area (Å²) in [7, 11) is 5.58. The van der Waals surface area contributed by atoms with Crippen molar-refractivity contribution in [3.63, 3.8) is 0 Å². The molecule has 0 unspecified atom stereocenters. The molecule has 0 radical (unpaired) electrons. The maximum absolute atomic E-state index is 5.29. The second kappa shape index (κ2) is 3.73. The summed E-state index contributed by atoms with van der Waals surface area (Å²) >= 11 is 3.42. The molecule has 2 heterocycles. The van der Waals surface area contributed by atoms with Gasteiger partial charge in [0.15, 0.2) is 5.82 Å². The third kappa shape index (κ3) is 1.79. The van der Waals surface area contributed by atoms with E-state index in [0.29, 0.717) is 0 Å². The minimum Gasteiger partial charge on any atom is -0.494 e. The zero-order chi connectivity index (χ0) is 11.0. The molecule has 5 heteroatoms. The number of hydrogen-bond donors (Lipinski definition) is 0. The molecule has 0 fully saturated rings. The fourth-order valence-electron chi connectivity index (χ4n) is 1.40. The van der Waals surface area contributed by atoms with Crippen LogP contribution in [-0.4, -0.2) is 30.8 Å². The van der Waals surface area contributed by atoms with Crippen LogP contribution in [0.4, 0.5) is 5.82 Å². The third-order valence-electron chi connectivity index (χ3n) is 2.17. The molecule has 2 aromatic heterocycles. The average Bonchev–Trinajstić information content (AvgIpc) is 2.59. The smallest absolute Gasteiger partial charge is 0.151 e. The number of ether oxygens (including phenoxy) is 1. The number of pyridine rings is 1. The highest BCUT2D eigenvalue weighted by Crippen LogP contribution is 2.26. The van der Waals surface area contributed by atoms with Crippen molar-refractivity contribution in [3.8, 4) is 5.75 Å². The summed E-state index contributed by atoms with van der Waals surface area (Å²) in [6.45, 7) is 0. The van der Waals surface area contributed by atoms with Crippen LogP contribution in [0, 0.1) is 0 Å². The van der Waals surface area contributed by atoms with E-state index in [9.17, 15) is 0 Å². The Morgan fingerprint density at radius 2 is 2.13 bits per heavy atom. The highest BCUT2D eigenvalue weighted by molar-refractivity contribution is 9.10. The number of rotatable bonds is 2. The van der Waals surface area contributed by atoms with E-state index in [1.54, 1.807) is 11.6 Å². The number of nitrogens with zero attached hydrogens (tertiary/aromatic N) is 3. The second-order valence-corrected chi connectivity index (χ2v) is 4.37. The monoisotopic (exact) mass is 269 g/mol. The molecular weight excluding hydrogens is 258 g/mol. The van der Waals surface area contributed by atoms with Gasteiger partial charge in [-0.05, 0) is 22.0 Å². The molecule has 0 spiro atoms. The lowest BCUT2D eigenvalue weighted by Crippen LogP contribution is -2.08. The topological polar surface area (TPSA) is 29.8 Å². The van der Waals surface area contributed by atoms with Crippen molar-refractivity contribution >= 4 is 27.3 Å². The van der Waals surface area contributed by atoms with Gasteiger partial charge in [0.1, 0.15) is 11.3 Å². The molecule has 0 saturated carbocycles. The lowest BCUT2D eigenvalue weighted by atomic mass is 10.3. The first-order chi connectivity index (χ1) is 7.11. The molecule has 0 N–H and O–H groups in total. The molecule has 0 aliphatic carbocycles. The van der Waals surface area contributed by atoms with Crippen molar-refractivity contribution in [2.75, 3.05) is 26.1 Å². The normalized spacial score (nSPS) is 10.7. The molecule has 0 aliphatic rings. The quantitative estimate of drug-likeness (QED) is 0.837. The lowest BCUT2D eigenvalue weighted by molar-refractivity contribution is 0.417. The number of anilines is 1. The van der Waals surface area contributed by atoms with E-state index in [4.69, 9.17) is 4.74 Å². The predicted molar refractivity (Wildman–Crippen MR) is 63.8 cm³/mol. The summed E-state index contributed by atoms with van der Waals surface area (Å²) in [5.41, 5.74) is 0.962. The van der Waals surface area contributed by atoms with Crippen molar-refractivity contribution in [3.05, 3.63) is 22.8 Å². The fourth-order valence-corrected chi connectivity index (χ4v) is 1.80. The molecule has 80 valence electrons. The van der Waals surface area contributed by atoms with E-state index < -0.39 is 0 Å². The van der Waals surface area contributed by atoms with Gasteiger partial charge in [-0.15, -0.1) is 0 Å². The standard InChI is InChI=1S/C10H12BrN3O/c1-13(2)10-5-8-9(15-3)4-7(11)6-14(8)12-10/h4-6H,1-3H3. The zero-order valence-electron chi connectivity index (χ0n) is 8.86. The summed E-state index contributed by atoms with van der Waals surface area (Å²) in [6.07, 6.45) is 1.91. The Kier molecular flexibility index (Phi) is 2.56. The predicted octanol–water partition coefficient (Wildman–Crippen LogP) is 2.17. The molecule has 0 saturated heterocycles. The Bertz CT molecular complexity index is 493. The molecule has 0 aromatic carbocycles. The van der Waals surface area contributed by atoms with Crippen LogP contribution in [0.5, 0.6) is 5.75 Å². The summed E-state index contributed by atoms with van der Waals surface area (Å²) < 4.78 is 8.04. The first-order valence-corrected chi connectivity index (χ1v) is 5.31. The van der Waals surface area contributed by atoms with Crippen LogP contribution in [-0.2, 0) is 0 Å². The van der Waals surface area contributed by atoms with E-state index >= 15 is 0 Å². The number of hydrogen-bond acceptors (Lipinski definition) is 3. The second-order valence-electron chi connectivity index (χ2n) is 3.45. The highest BCUT2D eigenvalue weighted by Gasteiger charge is 2.08. The summed E-state index contributed by atoms with van der Waals surface area (Å²) in [6, 6.07) is 3.92. The van der Waals surface area contributed by atoms with Gasteiger partial charge in [-0.1, -0.05) is 0 Å². The van der Waals surface area contributed by atoms with Gasteiger partial charge in [-0.2, -0.15) is 5.10 Å². The minimum absolute atomic E-state index is 0.810. The number of halogens is 1. The molecular formula is C10H12BrN3O. The molecule has 0 amide bonds. The summed E-state index contributed by atoms with van der Waals surface area (Å²) in [5, 5.41) is 4.41. The lowest BCUT2D eigenvalue weighted by Gasteiger charge is -2.05. The largest absolute Gasteiger partial charge is 0.494 e. The molecule has 15 heavy (non-hydrogen) atoms. The van der Waals surface area contributed by atoms with Crippen molar-refractivity contribution in [2.45, 2.75) is 0 Å². The van der Waals surface area contributed by atoms with Gasteiger partial charge >= 0.3 is 0 Å². The van der Waals surface area contributed by atoms with E-state index in [1.165, 1.54) is 0 Å². The van der Waals surface area contributed by atoms with Crippen molar-refractivity contribution in [1.29, 1.82) is 0 Å². The number of fused-ring (bicyclic) bond motifs is 1. The average molecular weight is 270 g/mol. The van der Waals surface area contributed by atoms with Gasteiger partial charge in [0, 0.05) is 30.8 Å². The van der Waals surface area contributed by atoms with E-state index in [1.807, 2.05) is 37.3 Å². The van der Waals surface area contributed by atoms with E-state index in [-0.39, 0.29) is 0 Å². The SMILES string of the molecule is COc1cc(Br)cn2nc(N(C)C)cc12. The summed E-state index contributed by atoms with van der Waals surface area (Å²) in [4.78, 5) is 1.96. The fraction of sp³-hybridized carbons (Fsp3) is 0.300. The van der Waals surface area contributed by atoms with Crippen LogP contribution in [0.15, 0.2) is 22.8 Å². The number of methoxy groups -OCH3 is 1. The van der Waals surface area contributed by atoms with Crippen LogP contribution in [0.1, 0.15) is 0 Å². The Morgan fingerprint density at radius 1 is 1.40 bits per heavy atom. The van der Waals surface area contributed by atoms with Gasteiger partial charge in [-0.25, -0.2) is 4.52 Å². The van der Waals surface area contributed by atoms with E-state index in [0.717, 1.165) is 21.6 Å². The molecule has 4 nitrogen and oxygen atoms in total. The van der Waals surface area contributed by atoms with Gasteiger partial charge < -0.3 is 9.64 Å². The Labute approximate surface area is 96.6 Å². The first kappa shape index (κ1) is 10.3. The third-order valence-corrected chi connectivity index (χ3v) is 2.60. The van der Waals surface area contributed by atoms with Crippen LogP contribution >= 0.6 is 15.9 Å². The van der Waals surface area contributed by atoms with E-state index in [2.05, 4.69) is 21.0 Å². The Morgan fingerprint density at radius 3 is 2.73 bits per heavy atom. The summed E-state index contributed by atoms with van der Waals surface area (Å²) in [5.74, 6) is 1.72. The Hall–Kier alpha value is -1.23. The van der Waals surface area contributed by atoms with Crippen molar-refractivity contribution < 1.29 is 4.74 Å². The molecule has 2 rings (SSSR count). The molecule has 2 aromatic rings. The van der Waals surface area contributed by atoms with Gasteiger partial charge in [0.2, 0.25) is 0 Å². The Balaban J connectivity index is 2.68. The maximum Gasteiger partial charge on any atom is 0.151 e. The van der Waals surface area contributed by atoms with Crippen LogP contribution in [0.25, 0.3) is 5.52 Å². The van der Waals surface area contributed by atoms with Gasteiger partial charge in [0.25, 0.3) is 0 Å². The molecule has 0 aliphatic heterocycles. The first-order valence-electron chi connectivity index (χ1n) is 4.52. The number of aromatic nitrogens is 2. The maximum atomic E-state index is 5.29. The van der Waals surface area contributed by atoms with Crippen molar-refractivity contribution in [1.82, 2.24) is 9.61 Å². The van der Waals surface area contributed by atoms with Crippen LogP contribution < -0.4 is 9.64 Å². The minimum atomic E-state index is 0.810. The highest BCUT2D eigenvalue weighted by atomic mass is 79.9. The van der Waals surface area contributed by atoms with Crippen LogP contribution in [0.3, 0.4) is 0 Å². The van der Waals surface area contributed by atoms with Crippen LogP contribution in [0.2, 0.25) is 0 Å². The van der Waals surface area contributed by atoms with Gasteiger partial charge in [-0.3, -0.25) is 0 Å². The van der Waals surface area contributed by atoms with Gasteiger partial charge in [0.05, 0.1) is 7.11 Å². The molecule has 0 bridgehead atoms. The molecule has 0 atom stereocenters.